The van der Waals surface area contributed by atoms with Gasteiger partial charge in [0, 0.05) is 11.8 Å². The standard InChI is InChI=1S/C18H23N3O/c1-13-3-5-15(6-4-13)18(22)20-17-11-16(12-19-17)14-7-9-21(2)10-8-14/h3-6,11-12,14,19H,7-10H2,1-2H3,(H,20,22). The van der Waals surface area contributed by atoms with Crippen molar-refractivity contribution < 1.29 is 4.79 Å². The fourth-order valence-corrected chi connectivity index (χ4v) is 2.96. The second kappa shape index (κ2) is 6.36. The third kappa shape index (κ3) is 3.39. The van der Waals surface area contributed by atoms with Crippen molar-refractivity contribution in [1.29, 1.82) is 0 Å². The summed E-state index contributed by atoms with van der Waals surface area (Å²) in [4.78, 5) is 17.8. The van der Waals surface area contributed by atoms with Gasteiger partial charge in [-0.05, 0) is 69.6 Å². The van der Waals surface area contributed by atoms with Crippen molar-refractivity contribution in [2.24, 2.45) is 0 Å². The van der Waals surface area contributed by atoms with Crippen molar-refractivity contribution in [3.8, 4) is 0 Å². The van der Waals surface area contributed by atoms with Crippen LogP contribution in [0.3, 0.4) is 0 Å². The molecular weight excluding hydrogens is 274 g/mol. The lowest BCUT2D eigenvalue weighted by atomic mass is 9.91. The van der Waals surface area contributed by atoms with Gasteiger partial charge in [0.1, 0.15) is 5.82 Å². The highest BCUT2D eigenvalue weighted by atomic mass is 16.1. The third-order valence-electron chi connectivity index (χ3n) is 4.46. The Hall–Kier alpha value is -2.07. The molecule has 2 aromatic rings. The molecule has 1 saturated heterocycles. The van der Waals surface area contributed by atoms with Crippen LogP contribution in [0.15, 0.2) is 36.5 Å². The first-order valence-corrected chi connectivity index (χ1v) is 7.87. The van der Waals surface area contributed by atoms with E-state index >= 15 is 0 Å². The minimum atomic E-state index is -0.0724. The van der Waals surface area contributed by atoms with Crippen LogP contribution < -0.4 is 5.32 Å². The van der Waals surface area contributed by atoms with Gasteiger partial charge in [0.25, 0.3) is 5.91 Å². The van der Waals surface area contributed by atoms with E-state index in [9.17, 15) is 4.79 Å². The average Bonchev–Trinajstić information content (AvgIpc) is 2.97. The molecule has 22 heavy (non-hydrogen) atoms. The largest absolute Gasteiger partial charge is 0.348 e. The molecule has 4 heteroatoms. The Kier molecular flexibility index (Phi) is 4.29. The Morgan fingerprint density at radius 2 is 1.91 bits per heavy atom. The number of aromatic amines is 1. The predicted molar refractivity (Wildman–Crippen MR) is 89.4 cm³/mol. The molecule has 0 atom stereocenters. The molecule has 0 radical (unpaired) electrons. The summed E-state index contributed by atoms with van der Waals surface area (Å²) in [7, 11) is 2.17. The van der Waals surface area contributed by atoms with Gasteiger partial charge in [-0.1, -0.05) is 17.7 Å². The van der Waals surface area contributed by atoms with Crippen LogP contribution in [0.5, 0.6) is 0 Å². The number of carbonyl (C=O) groups is 1. The monoisotopic (exact) mass is 297 g/mol. The van der Waals surface area contributed by atoms with Crippen LogP contribution in [-0.2, 0) is 0 Å². The molecule has 1 amide bonds. The average molecular weight is 297 g/mol. The number of carbonyl (C=O) groups excluding carboxylic acids is 1. The van der Waals surface area contributed by atoms with E-state index in [1.807, 2.05) is 37.4 Å². The molecule has 1 aliphatic heterocycles. The van der Waals surface area contributed by atoms with E-state index in [0.717, 1.165) is 24.5 Å². The summed E-state index contributed by atoms with van der Waals surface area (Å²) in [6.07, 6.45) is 4.39. The SMILES string of the molecule is Cc1ccc(C(=O)Nc2cc(C3CCN(C)CC3)c[nH]2)cc1. The van der Waals surface area contributed by atoms with Crippen molar-refractivity contribution in [3.63, 3.8) is 0 Å². The number of anilines is 1. The minimum absolute atomic E-state index is 0.0724. The van der Waals surface area contributed by atoms with E-state index in [0.29, 0.717) is 11.5 Å². The van der Waals surface area contributed by atoms with E-state index in [-0.39, 0.29) is 5.91 Å². The molecule has 116 valence electrons. The second-order valence-corrected chi connectivity index (χ2v) is 6.24. The first kappa shape index (κ1) is 14.9. The van der Waals surface area contributed by atoms with Crippen molar-refractivity contribution in [1.82, 2.24) is 9.88 Å². The van der Waals surface area contributed by atoms with E-state index in [1.165, 1.54) is 18.4 Å². The van der Waals surface area contributed by atoms with Gasteiger partial charge >= 0.3 is 0 Å². The van der Waals surface area contributed by atoms with Crippen LogP contribution in [0.2, 0.25) is 0 Å². The molecule has 1 aromatic heterocycles. The van der Waals surface area contributed by atoms with Crippen LogP contribution in [-0.4, -0.2) is 35.9 Å². The Morgan fingerprint density at radius 1 is 1.23 bits per heavy atom. The van der Waals surface area contributed by atoms with Crippen LogP contribution >= 0.6 is 0 Å². The molecule has 0 bridgehead atoms. The zero-order valence-electron chi connectivity index (χ0n) is 13.2. The number of amides is 1. The number of nitrogens with zero attached hydrogens (tertiary/aromatic N) is 1. The highest BCUT2D eigenvalue weighted by molar-refractivity contribution is 6.03. The van der Waals surface area contributed by atoms with Gasteiger partial charge in [-0.3, -0.25) is 4.79 Å². The number of aryl methyl sites for hydroxylation is 1. The Morgan fingerprint density at radius 3 is 2.59 bits per heavy atom. The fraction of sp³-hybridized carbons (Fsp3) is 0.389. The molecule has 1 aliphatic rings. The van der Waals surface area contributed by atoms with Gasteiger partial charge in [-0.15, -0.1) is 0 Å². The van der Waals surface area contributed by atoms with E-state index < -0.39 is 0 Å². The first-order valence-electron chi connectivity index (χ1n) is 7.87. The Bertz CT molecular complexity index is 637. The number of rotatable bonds is 3. The summed E-state index contributed by atoms with van der Waals surface area (Å²) >= 11 is 0. The summed E-state index contributed by atoms with van der Waals surface area (Å²) in [5.74, 6) is 1.30. The fourth-order valence-electron chi connectivity index (χ4n) is 2.96. The maximum absolute atomic E-state index is 12.2. The lowest BCUT2D eigenvalue weighted by molar-refractivity contribution is 0.102. The van der Waals surface area contributed by atoms with Crippen LogP contribution in [0, 0.1) is 6.92 Å². The molecule has 1 fully saturated rings. The highest BCUT2D eigenvalue weighted by Crippen LogP contribution is 2.29. The highest BCUT2D eigenvalue weighted by Gasteiger charge is 2.19. The lowest BCUT2D eigenvalue weighted by Crippen LogP contribution is -2.29. The minimum Gasteiger partial charge on any atom is -0.348 e. The Labute approximate surface area is 131 Å². The molecule has 4 nitrogen and oxygen atoms in total. The normalized spacial score (nSPS) is 16.6. The number of aromatic nitrogens is 1. The van der Waals surface area contributed by atoms with E-state index in [4.69, 9.17) is 0 Å². The second-order valence-electron chi connectivity index (χ2n) is 6.24. The topological polar surface area (TPSA) is 48.1 Å². The first-order chi connectivity index (χ1) is 10.6. The van der Waals surface area contributed by atoms with Gasteiger partial charge in [0.05, 0.1) is 0 Å². The maximum Gasteiger partial charge on any atom is 0.256 e. The lowest BCUT2D eigenvalue weighted by Gasteiger charge is -2.28. The molecule has 3 rings (SSSR count). The molecule has 1 aromatic carbocycles. The summed E-state index contributed by atoms with van der Waals surface area (Å²) in [5, 5.41) is 2.94. The number of H-pyrrole nitrogens is 1. The van der Waals surface area contributed by atoms with Crippen LogP contribution in [0.25, 0.3) is 0 Å². The maximum atomic E-state index is 12.2. The van der Waals surface area contributed by atoms with Crippen LogP contribution in [0.1, 0.15) is 40.2 Å². The summed E-state index contributed by atoms with van der Waals surface area (Å²) in [5.41, 5.74) is 3.13. The zero-order valence-corrected chi connectivity index (χ0v) is 13.2. The van der Waals surface area contributed by atoms with Gasteiger partial charge < -0.3 is 15.2 Å². The number of hydrogen-bond acceptors (Lipinski definition) is 2. The van der Waals surface area contributed by atoms with Crippen molar-refractivity contribution in [2.75, 3.05) is 25.5 Å². The Balaban J connectivity index is 1.64. The molecule has 0 saturated carbocycles. The molecule has 0 unspecified atom stereocenters. The third-order valence-corrected chi connectivity index (χ3v) is 4.46. The number of benzene rings is 1. The summed E-state index contributed by atoms with van der Waals surface area (Å²) < 4.78 is 0. The van der Waals surface area contributed by atoms with Crippen LogP contribution in [0.4, 0.5) is 5.82 Å². The van der Waals surface area contributed by atoms with Gasteiger partial charge in [0.15, 0.2) is 0 Å². The number of hydrogen-bond donors (Lipinski definition) is 2. The van der Waals surface area contributed by atoms with Crippen molar-refractivity contribution in [2.45, 2.75) is 25.7 Å². The quantitative estimate of drug-likeness (QED) is 0.912. The molecule has 2 heterocycles. The molecule has 2 N–H and O–H groups in total. The predicted octanol–water partition coefficient (Wildman–Crippen LogP) is 3.38. The van der Waals surface area contributed by atoms with Gasteiger partial charge in [0.2, 0.25) is 0 Å². The van der Waals surface area contributed by atoms with E-state index in [1.54, 1.807) is 0 Å². The summed E-state index contributed by atoms with van der Waals surface area (Å²) in [6, 6.07) is 9.68. The van der Waals surface area contributed by atoms with Crippen molar-refractivity contribution in [3.05, 3.63) is 53.2 Å². The molecule has 0 aliphatic carbocycles. The van der Waals surface area contributed by atoms with Gasteiger partial charge in [-0.2, -0.15) is 0 Å². The number of nitrogens with one attached hydrogen (secondary N) is 2. The van der Waals surface area contributed by atoms with Gasteiger partial charge in [-0.25, -0.2) is 0 Å². The smallest absolute Gasteiger partial charge is 0.256 e. The molecule has 0 spiro atoms. The summed E-state index contributed by atoms with van der Waals surface area (Å²) in [6.45, 7) is 4.29. The number of piperidine rings is 1. The zero-order chi connectivity index (χ0) is 15.5. The van der Waals surface area contributed by atoms with E-state index in [2.05, 4.69) is 28.3 Å². The van der Waals surface area contributed by atoms with Crippen molar-refractivity contribution >= 4 is 11.7 Å². The number of likely N-dealkylation sites (tertiary alicyclic amines) is 1. The molecular formula is C18H23N3O.